The number of anilines is 3. The molecule has 1 saturated carbocycles. The van der Waals surface area contributed by atoms with Gasteiger partial charge < -0.3 is 15.3 Å². The van der Waals surface area contributed by atoms with Crippen LogP contribution in [0.1, 0.15) is 42.5 Å². The van der Waals surface area contributed by atoms with Crippen LogP contribution in [-0.4, -0.2) is 34.1 Å². The average Bonchev–Trinajstić information content (AvgIpc) is 2.62. The van der Waals surface area contributed by atoms with E-state index in [2.05, 4.69) is 20.2 Å². The molecular formula is C19H21FN4O2. The molecular weight excluding hydrogens is 335 g/mol. The number of carbonyl (C=O) groups is 1. The molecule has 2 N–H and O–H groups in total. The predicted octanol–water partition coefficient (Wildman–Crippen LogP) is 3.83. The Labute approximate surface area is 151 Å². The summed E-state index contributed by atoms with van der Waals surface area (Å²) in [4.78, 5) is 22.1. The van der Waals surface area contributed by atoms with Crippen LogP contribution in [0.5, 0.6) is 0 Å². The summed E-state index contributed by atoms with van der Waals surface area (Å²) in [5.41, 5.74) is 1.37. The molecule has 0 radical (unpaired) electrons. The van der Waals surface area contributed by atoms with Gasteiger partial charge in [0.1, 0.15) is 17.8 Å². The van der Waals surface area contributed by atoms with Crippen molar-refractivity contribution in [3.63, 3.8) is 0 Å². The van der Waals surface area contributed by atoms with Crippen molar-refractivity contribution in [2.75, 3.05) is 23.3 Å². The van der Waals surface area contributed by atoms with Gasteiger partial charge in [-0.25, -0.2) is 19.2 Å². The molecule has 136 valence electrons. The lowest BCUT2D eigenvalue weighted by atomic mass is 9.63. The van der Waals surface area contributed by atoms with Crippen LogP contribution in [0.4, 0.5) is 21.6 Å². The monoisotopic (exact) mass is 356 g/mol. The molecule has 7 heteroatoms. The molecule has 1 aliphatic heterocycles. The van der Waals surface area contributed by atoms with E-state index in [9.17, 15) is 14.3 Å². The van der Waals surface area contributed by atoms with Crippen LogP contribution in [0.15, 0.2) is 30.7 Å². The van der Waals surface area contributed by atoms with Crippen molar-refractivity contribution in [1.82, 2.24) is 9.97 Å². The molecule has 0 amide bonds. The highest BCUT2D eigenvalue weighted by Crippen LogP contribution is 2.49. The molecule has 1 saturated heterocycles. The number of carboxylic acid groups (broad SMARTS) is 1. The van der Waals surface area contributed by atoms with E-state index in [1.165, 1.54) is 37.7 Å². The molecule has 2 aromatic rings. The first-order valence-corrected chi connectivity index (χ1v) is 8.91. The van der Waals surface area contributed by atoms with E-state index >= 15 is 0 Å². The van der Waals surface area contributed by atoms with E-state index in [0.29, 0.717) is 16.8 Å². The second-order valence-electron chi connectivity index (χ2n) is 7.22. The van der Waals surface area contributed by atoms with Gasteiger partial charge in [0, 0.05) is 13.1 Å². The number of halogens is 1. The third-order valence-corrected chi connectivity index (χ3v) is 5.71. The summed E-state index contributed by atoms with van der Waals surface area (Å²) in [5.74, 6) is -1.01. The van der Waals surface area contributed by atoms with Crippen molar-refractivity contribution < 1.29 is 14.3 Å². The largest absolute Gasteiger partial charge is 0.478 e. The number of aromatic nitrogens is 2. The van der Waals surface area contributed by atoms with Crippen LogP contribution in [0.3, 0.4) is 0 Å². The number of hydrogen-bond acceptors (Lipinski definition) is 5. The molecule has 4 rings (SSSR count). The van der Waals surface area contributed by atoms with Gasteiger partial charge in [-0.15, -0.1) is 0 Å². The quantitative estimate of drug-likeness (QED) is 0.867. The molecule has 2 heterocycles. The summed E-state index contributed by atoms with van der Waals surface area (Å²) >= 11 is 0. The van der Waals surface area contributed by atoms with E-state index in [4.69, 9.17) is 0 Å². The van der Waals surface area contributed by atoms with Gasteiger partial charge in [0.25, 0.3) is 0 Å². The van der Waals surface area contributed by atoms with Crippen molar-refractivity contribution in [2.24, 2.45) is 5.41 Å². The Kier molecular flexibility index (Phi) is 4.22. The lowest BCUT2D eigenvalue weighted by Crippen LogP contribution is -2.44. The molecule has 2 fully saturated rings. The first kappa shape index (κ1) is 16.8. The highest BCUT2D eigenvalue weighted by Gasteiger charge is 2.40. The number of carboxylic acids is 1. The Hall–Kier alpha value is -2.70. The lowest BCUT2D eigenvalue weighted by molar-refractivity contribution is 0.0697. The van der Waals surface area contributed by atoms with Crippen molar-refractivity contribution in [2.45, 2.75) is 32.1 Å². The summed E-state index contributed by atoms with van der Waals surface area (Å²) in [6.07, 6.45) is 9.44. The maximum Gasteiger partial charge on any atom is 0.337 e. The second-order valence-corrected chi connectivity index (χ2v) is 7.22. The highest BCUT2D eigenvalue weighted by atomic mass is 19.1. The minimum Gasteiger partial charge on any atom is -0.478 e. The van der Waals surface area contributed by atoms with Crippen LogP contribution in [0.25, 0.3) is 0 Å². The Balaban J connectivity index is 1.58. The Morgan fingerprint density at radius 3 is 2.62 bits per heavy atom. The fourth-order valence-electron chi connectivity index (χ4n) is 3.98. The number of hydrogen-bond donors (Lipinski definition) is 2. The fourth-order valence-corrected chi connectivity index (χ4v) is 3.98. The average molecular weight is 356 g/mol. The molecule has 26 heavy (non-hydrogen) atoms. The van der Waals surface area contributed by atoms with Crippen molar-refractivity contribution >= 4 is 23.2 Å². The Morgan fingerprint density at radius 1 is 1.19 bits per heavy atom. The molecule has 0 atom stereocenters. The van der Waals surface area contributed by atoms with Crippen LogP contribution in [-0.2, 0) is 0 Å². The number of nitrogens with zero attached hydrogens (tertiary/aromatic N) is 3. The zero-order valence-electron chi connectivity index (χ0n) is 14.4. The topological polar surface area (TPSA) is 78.3 Å². The van der Waals surface area contributed by atoms with Gasteiger partial charge in [-0.3, -0.25) is 0 Å². The normalized spacial score (nSPS) is 18.4. The summed E-state index contributed by atoms with van der Waals surface area (Å²) in [5, 5.41) is 12.4. The summed E-state index contributed by atoms with van der Waals surface area (Å²) < 4.78 is 13.4. The molecule has 0 unspecified atom stereocenters. The van der Waals surface area contributed by atoms with Crippen molar-refractivity contribution in [1.29, 1.82) is 0 Å². The molecule has 6 nitrogen and oxygen atoms in total. The number of benzene rings is 1. The van der Waals surface area contributed by atoms with E-state index < -0.39 is 11.8 Å². The van der Waals surface area contributed by atoms with Crippen molar-refractivity contribution in [3.8, 4) is 0 Å². The van der Waals surface area contributed by atoms with Crippen LogP contribution >= 0.6 is 0 Å². The minimum atomic E-state index is -1.18. The van der Waals surface area contributed by atoms with E-state index in [1.807, 2.05) is 0 Å². The predicted molar refractivity (Wildman–Crippen MR) is 96.4 cm³/mol. The van der Waals surface area contributed by atoms with Gasteiger partial charge in [-0.2, -0.15) is 0 Å². The first-order valence-electron chi connectivity index (χ1n) is 8.91. The Bertz CT molecular complexity index is 828. The standard InChI is InChI=1S/C19H21FN4O2/c20-13-2-3-15(14(10-13)18(25)26)23-16-11-21-12-22-17(16)24-8-6-19(7-9-24)4-1-5-19/h2-3,10-12,23H,1,4-9H2,(H,25,26). The zero-order chi connectivity index (χ0) is 18.1. The van der Waals surface area contributed by atoms with E-state index in [1.54, 1.807) is 6.20 Å². The van der Waals surface area contributed by atoms with E-state index in [0.717, 1.165) is 37.8 Å². The molecule has 1 aromatic carbocycles. The number of nitrogens with one attached hydrogen (secondary N) is 1. The van der Waals surface area contributed by atoms with E-state index in [-0.39, 0.29) is 5.56 Å². The molecule has 1 aliphatic carbocycles. The van der Waals surface area contributed by atoms with Crippen LogP contribution in [0, 0.1) is 11.2 Å². The molecule has 1 aromatic heterocycles. The van der Waals surface area contributed by atoms with Gasteiger partial charge >= 0.3 is 5.97 Å². The second kappa shape index (κ2) is 6.55. The number of piperidine rings is 1. The van der Waals surface area contributed by atoms with Gasteiger partial charge in [0.2, 0.25) is 0 Å². The Morgan fingerprint density at radius 2 is 1.96 bits per heavy atom. The first-order chi connectivity index (χ1) is 12.6. The summed E-state index contributed by atoms with van der Waals surface area (Å²) in [6.45, 7) is 1.86. The van der Waals surface area contributed by atoms with Crippen molar-refractivity contribution in [3.05, 3.63) is 42.1 Å². The fraction of sp³-hybridized carbons (Fsp3) is 0.421. The zero-order valence-corrected chi connectivity index (χ0v) is 14.4. The molecule has 2 aliphatic rings. The van der Waals surface area contributed by atoms with Crippen LogP contribution < -0.4 is 10.2 Å². The SMILES string of the molecule is O=C(O)c1cc(F)ccc1Nc1cncnc1N1CCC2(CCC2)CC1. The minimum absolute atomic E-state index is 0.119. The number of aromatic carboxylic acids is 1. The summed E-state index contributed by atoms with van der Waals surface area (Å²) in [6, 6.07) is 3.67. The lowest BCUT2D eigenvalue weighted by Gasteiger charge is -2.48. The van der Waals surface area contributed by atoms with Gasteiger partial charge in [0.05, 0.1) is 17.4 Å². The maximum atomic E-state index is 13.4. The van der Waals surface area contributed by atoms with Gasteiger partial charge in [-0.05, 0) is 49.3 Å². The third kappa shape index (κ3) is 3.09. The van der Waals surface area contributed by atoms with Gasteiger partial charge in [-0.1, -0.05) is 6.42 Å². The maximum absolute atomic E-state index is 13.4. The molecule has 0 bridgehead atoms. The summed E-state index contributed by atoms with van der Waals surface area (Å²) in [7, 11) is 0. The molecule has 1 spiro atoms. The third-order valence-electron chi connectivity index (χ3n) is 5.71. The smallest absolute Gasteiger partial charge is 0.337 e. The van der Waals surface area contributed by atoms with Crippen LogP contribution in [0.2, 0.25) is 0 Å². The highest BCUT2D eigenvalue weighted by molar-refractivity contribution is 5.95. The number of rotatable bonds is 4. The van der Waals surface area contributed by atoms with Gasteiger partial charge in [0.15, 0.2) is 5.82 Å².